The van der Waals surface area contributed by atoms with Gasteiger partial charge in [-0.2, -0.15) is 0 Å². The predicted octanol–water partition coefficient (Wildman–Crippen LogP) is 2.21. The van der Waals surface area contributed by atoms with E-state index in [2.05, 4.69) is 25.9 Å². The number of halogens is 1. The summed E-state index contributed by atoms with van der Waals surface area (Å²) in [6.07, 6.45) is 1.89. The lowest BCUT2D eigenvalue weighted by Crippen LogP contribution is -2.10. The second kappa shape index (κ2) is 4.11. The standard InChI is InChI=1S/C7H10BrN2OPS/c1-12(2,11)6-4-5(8)9-7(10-6)13-3/h4H,1-3H3. The maximum absolute atomic E-state index is 11.7. The first-order valence-electron chi connectivity index (χ1n) is 3.57. The Morgan fingerprint density at radius 2 is 2.08 bits per heavy atom. The van der Waals surface area contributed by atoms with Crippen molar-refractivity contribution in [1.29, 1.82) is 0 Å². The van der Waals surface area contributed by atoms with E-state index in [-0.39, 0.29) is 0 Å². The van der Waals surface area contributed by atoms with E-state index in [1.807, 2.05) is 6.26 Å². The number of rotatable bonds is 2. The van der Waals surface area contributed by atoms with Crippen LogP contribution < -0.4 is 5.44 Å². The molecule has 6 heteroatoms. The molecular formula is C7H10BrN2OPS. The van der Waals surface area contributed by atoms with Crippen LogP contribution >= 0.6 is 34.8 Å². The van der Waals surface area contributed by atoms with Gasteiger partial charge in [0.05, 0.1) is 0 Å². The Morgan fingerprint density at radius 1 is 1.46 bits per heavy atom. The summed E-state index contributed by atoms with van der Waals surface area (Å²) in [4.78, 5) is 8.30. The molecule has 0 N–H and O–H groups in total. The average molecular weight is 281 g/mol. The maximum atomic E-state index is 11.7. The van der Waals surface area contributed by atoms with Crippen molar-refractivity contribution in [2.45, 2.75) is 5.16 Å². The molecule has 0 saturated carbocycles. The van der Waals surface area contributed by atoms with Crippen LogP contribution in [0.5, 0.6) is 0 Å². The van der Waals surface area contributed by atoms with Crippen molar-refractivity contribution in [3.63, 3.8) is 0 Å². The highest BCUT2D eigenvalue weighted by atomic mass is 79.9. The van der Waals surface area contributed by atoms with Crippen LogP contribution in [0.25, 0.3) is 0 Å². The van der Waals surface area contributed by atoms with Gasteiger partial charge in [-0.3, -0.25) is 0 Å². The molecule has 0 amide bonds. The summed E-state index contributed by atoms with van der Waals surface area (Å²) in [5.41, 5.74) is 0.624. The zero-order valence-electron chi connectivity index (χ0n) is 7.61. The molecule has 13 heavy (non-hydrogen) atoms. The maximum Gasteiger partial charge on any atom is 0.189 e. The van der Waals surface area contributed by atoms with Gasteiger partial charge in [0.1, 0.15) is 17.2 Å². The second-order valence-corrected chi connectivity index (χ2v) is 7.63. The van der Waals surface area contributed by atoms with Crippen LogP contribution in [0.1, 0.15) is 0 Å². The summed E-state index contributed by atoms with van der Waals surface area (Å²) >= 11 is 4.70. The van der Waals surface area contributed by atoms with Crippen LogP contribution in [0, 0.1) is 0 Å². The average Bonchev–Trinajstić information content (AvgIpc) is 2.01. The molecule has 0 atom stereocenters. The summed E-state index contributed by atoms with van der Waals surface area (Å²) in [5.74, 6) is 0. The van der Waals surface area contributed by atoms with Crippen LogP contribution in [-0.4, -0.2) is 29.6 Å². The van der Waals surface area contributed by atoms with Crippen LogP contribution in [0.3, 0.4) is 0 Å². The monoisotopic (exact) mass is 280 g/mol. The minimum absolute atomic E-state index is 0.624. The molecule has 0 aromatic carbocycles. The molecule has 1 aromatic heterocycles. The van der Waals surface area contributed by atoms with Crippen LogP contribution in [0.15, 0.2) is 15.8 Å². The molecule has 0 aliphatic rings. The van der Waals surface area contributed by atoms with Gasteiger partial charge in [-0.15, -0.1) is 0 Å². The largest absolute Gasteiger partial charge is 0.318 e. The van der Waals surface area contributed by atoms with Crippen molar-refractivity contribution in [1.82, 2.24) is 9.97 Å². The molecule has 0 aliphatic carbocycles. The molecule has 1 rings (SSSR count). The summed E-state index contributed by atoms with van der Waals surface area (Å²) in [7, 11) is -2.28. The van der Waals surface area contributed by atoms with Crippen molar-refractivity contribution < 1.29 is 4.57 Å². The van der Waals surface area contributed by atoms with Gasteiger partial charge in [-0.1, -0.05) is 11.8 Å². The van der Waals surface area contributed by atoms with E-state index < -0.39 is 7.14 Å². The first kappa shape index (κ1) is 11.2. The Kier molecular flexibility index (Phi) is 3.55. The highest BCUT2D eigenvalue weighted by molar-refractivity contribution is 9.10. The third-order valence-corrected chi connectivity index (χ3v) is 3.68. The van der Waals surface area contributed by atoms with Gasteiger partial charge in [0.2, 0.25) is 0 Å². The minimum Gasteiger partial charge on any atom is -0.318 e. The number of hydrogen-bond acceptors (Lipinski definition) is 4. The Morgan fingerprint density at radius 3 is 2.54 bits per heavy atom. The van der Waals surface area contributed by atoms with Crippen molar-refractivity contribution in [2.75, 3.05) is 19.6 Å². The quantitative estimate of drug-likeness (QED) is 0.361. The van der Waals surface area contributed by atoms with Gasteiger partial charge in [-0.05, 0) is 35.5 Å². The lowest BCUT2D eigenvalue weighted by atomic mass is 10.7. The van der Waals surface area contributed by atoms with Gasteiger partial charge in [0, 0.05) is 6.07 Å². The number of hydrogen-bond donors (Lipinski definition) is 0. The number of thioether (sulfide) groups is 1. The lowest BCUT2D eigenvalue weighted by Gasteiger charge is -2.06. The van der Waals surface area contributed by atoms with E-state index in [9.17, 15) is 4.57 Å². The number of nitrogens with zero attached hydrogens (tertiary/aromatic N) is 2. The number of aromatic nitrogens is 2. The molecule has 3 nitrogen and oxygen atoms in total. The highest BCUT2D eigenvalue weighted by Crippen LogP contribution is 2.34. The van der Waals surface area contributed by atoms with E-state index >= 15 is 0 Å². The van der Waals surface area contributed by atoms with Gasteiger partial charge in [-0.25, -0.2) is 9.97 Å². The van der Waals surface area contributed by atoms with Crippen LogP contribution in [-0.2, 0) is 4.57 Å². The first-order chi connectivity index (χ1) is 5.93. The minimum atomic E-state index is -2.28. The third kappa shape index (κ3) is 3.08. The van der Waals surface area contributed by atoms with Gasteiger partial charge in [0.25, 0.3) is 0 Å². The van der Waals surface area contributed by atoms with E-state index in [0.717, 1.165) is 0 Å². The summed E-state index contributed by atoms with van der Waals surface area (Å²) in [5, 5.41) is 0.647. The topological polar surface area (TPSA) is 42.9 Å². The zero-order chi connectivity index (χ0) is 10.1. The van der Waals surface area contributed by atoms with Gasteiger partial charge >= 0.3 is 0 Å². The summed E-state index contributed by atoms with van der Waals surface area (Å²) in [6.45, 7) is 3.40. The third-order valence-electron chi connectivity index (χ3n) is 1.40. The fourth-order valence-electron chi connectivity index (χ4n) is 0.753. The zero-order valence-corrected chi connectivity index (χ0v) is 10.9. The molecule has 1 aromatic rings. The molecular weight excluding hydrogens is 271 g/mol. The fraction of sp³-hybridized carbons (Fsp3) is 0.429. The predicted molar refractivity (Wildman–Crippen MR) is 60.6 cm³/mol. The molecule has 0 unspecified atom stereocenters. The Labute approximate surface area is 90.2 Å². The van der Waals surface area contributed by atoms with Crippen molar-refractivity contribution in [3.8, 4) is 0 Å². The van der Waals surface area contributed by atoms with E-state index in [1.54, 1.807) is 19.4 Å². The van der Waals surface area contributed by atoms with Crippen molar-refractivity contribution in [3.05, 3.63) is 10.7 Å². The normalized spacial score (nSPS) is 11.7. The van der Waals surface area contributed by atoms with Gasteiger partial charge < -0.3 is 4.57 Å². The van der Waals surface area contributed by atoms with Crippen molar-refractivity contribution in [2.24, 2.45) is 0 Å². The molecule has 72 valence electrons. The highest BCUT2D eigenvalue weighted by Gasteiger charge is 2.14. The Balaban J connectivity index is 3.24. The lowest BCUT2D eigenvalue weighted by molar-refractivity contribution is 0.587. The molecule has 0 aliphatic heterocycles. The van der Waals surface area contributed by atoms with E-state index in [0.29, 0.717) is 15.2 Å². The molecule has 0 fully saturated rings. The Hall–Kier alpha value is 0.140. The fourth-order valence-corrected chi connectivity index (χ4v) is 2.65. The molecule has 1 heterocycles. The summed E-state index contributed by atoms with van der Waals surface area (Å²) in [6, 6.07) is 1.71. The van der Waals surface area contributed by atoms with Crippen molar-refractivity contribution >= 4 is 40.3 Å². The second-order valence-electron chi connectivity index (χ2n) is 2.89. The van der Waals surface area contributed by atoms with Crippen LogP contribution in [0.2, 0.25) is 0 Å². The molecule has 0 spiro atoms. The van der Waals surface area contributed by atoms with E-state index in [1.165, 1.54) is 11.8 Å². The smallest absolute Gasteiger partial charge is 0.189 e. The van der Waals surface area contributed by atoms with Crippen LogP contribution in [0.4, 0.5) is 0 Å². The molecule has 0 bridgehead atoms. The SMILES string of the molecule is CSc1nc(Br)cc(P(C)(C)=O)n1. The molecule has 0 radical (unpaired) electrons. The van der Waals surface area contributed by atoms with Gasteiger partial charge in [0.15, 0.2) is 5.16 Å². The van der Waals surface area contributed by atoms with E-state index in [4.69, 9.17) is 0 Å². The Bertz CT molecular complexity index is 366. The molecule has 0 saturated heterocycles. The first-order valence-corrected chi connectivity index (χ1v) is 8.19. The summed E-state index contributed by atoms with van der Waals surface area (Å²) < 4.78 is 12.4.